The van der Waals surface area contributed by atoms with Crippen LogP contribution in [0.5, 0.6) is 0 Å². The Bertz CT molecular complexity index is 222. The monoisotopic (exact) mass is 235 g/mol. The van der Waals surface area contributed by atoms with Gasteiger partial charge in [-0.1, -0.05) is 11.8 Å². The van der Waals surface area contributed by atoms with E-state index in [0.717, 1.165) is 11.8 Å². The van der Waals surface area contributed by atoms with Gasteiger partial charge in [0.25, 0.3) is 0 Å². The number of carbonyl (C=O) groups is 2. The normalized spacial score (nSPS) is 14.6. The topological polar surface area (TPSA) is 101 Å². The molecule has 0 amide bonds. The van der Waals surface area contributed by atoms with Crippen molar-refractivity contribution >= 4 is 22.8 Å². The van der Waals surface area contributed by atoms with Crippen LogP contribution in [0.15, 0.2) is 0 Å². The first kappa shape index (κ1) is 14.4. The van der Waals surface area contributed by atoms with Crippen LogP contribution >= 0.6 is 11.8 Å². The molecular formula is C9H17NO4S. The van der Waals surface area contributed by atoms with Gasteiger partial charge < -0.3 is 15.9 Å². The molecule has 6 heteroatoms. The van der Waals surface area contributed by atoms with Crippen molar-refractivity contribution in [3.05, 3.63) is 0 Å². The zero-order valence-electron chi connectivity index (χ0n) is 8.68. The van der Waals surface area contributed by atoms with Gasteiger partial charge in [0.2, 0.25) is 0 Å². The molecule has 2 unspecified atom stereocenters. The Morgan fingerprint density at radius 2 is 1.93 bits per heavy atom. The van der Waals surface area contributed by atoms with Crippen LogP contribution in [-0.2, 0) is 9.59 Å². The second-order valence-electron chi connectivity index (χ2n) is 3.30. The summed E-state index contributed by atoms with van der Waals surface area (Å²) in [7, 11) is 0. The number of aliphatic carboxylic acids is 1. The molecule has 0 rings (SSSR count). The van der Waals surface area contributed by atoms with Gasteiger partial charge in [-0.2, -0.15) is 0 Å². The van der Waals surface area contributed by atoms with E-state index in [2.05, 4.69) is 0 Å². The predicted molar refractivity (Wildman–Crippen MR) is 58.6 cm³/mol. The number of aliphatic hydroxyl groups is 1. The van der Waals surface area contributed by atoms with Crippen LogP contribution < -0.4 is 5.73 Å². The van der Waals surface area contributed by atoms with Gasteiger partial charge in [-0.15, -0.1) is 0 Å². The van der Waals surface area contributed by atoms with Crippen LogP contribution in [0, 0.1) is 0 Å². The van der Waals surface area contributed by atoms with Crippen LogP contribution in [0.4, 0.5) is 0 Å². The largest absolute Gasteiger partial charge is 0.480 e. The molecule has 0 saturated carbocycles. The summed E-state index contributed by atoms with van der Waals surface area (Å²) >= 11 is 1.15. The molecule has 4 N–H and O–H groups in total. The summed E-state index contributed by atoms with van der Waals surface area (Å²) in [4.78, 5) is 20.9. The lowest BCUT2D eigenvalue weighted by Crippen LogP contribution is -2.31. The summed E-state index contributed by atoms with van der Waals surface area (Å²) in [6, 6.07) is -0.917. The average molecular weight is 235 g/mol. The summed E-state index contributed by atoms with van der Waals surface area (Å²) in [5.74, 6) is -0.501. The fraction of sp³-hybridized carbons (Fsp3) is 0.778. The van der Waals surface area contributed by atoms with E-state index in [0.29, 0.717) is 18.6 Å². The molecule has 0 aromatic heterocycles. The van der Waals surface area contributed by atoms with Gasteiger partial charge in [-0.25, -0.2) is 0 Å². The zero-order chi connectivity index (χ0) is 11.8. The maximum atomic E-state index is 10.6. The van der Waals surface area contributed by atoms with E-state index in [1.54, 1.807) is 0 Å². The van der Waals surface area contributed by atoms with Gasteiger partial charge in [-0.05, 0) is 19.3 Å². The first-order valence-electron chi connectivity index (χ1n) is 4.73. The molecule has 0 spiro atoms. The van der Waals surface area contributed by atoms with E-state index < -0.39 is 18.1 Å². The highest BCUT2D eigenvalue weighted by Crippen LogP contribution is 2.10. The van der Waals surface area contributed by atoms with Gasteiger partial charge in [-0.3, -0.25) is 9.59 Å². The summed E-state index contributed by atoms with van der Waals surface area (Å²) in [6.07, 6.45) is 0.506. The number of aliphatic hydroxyl groups excluding tert-OH is 1. The van der Waals surface area contributed by atoms with Crippen LogP contribution in [0.25, 0.3) is 0 Å². The van der Waals surface area contributed by atoms with Gasteiger partial charge in [0, 0.05) is 12.7 Å². The maximum Gasteiger partial charge on any atom is 0.320 e. The average Bonchev–Trinajstić information content (AvgIpc) is 2.13. The maximum absolute atomic E-state index is 10.6. The number of rotatable bonds is 7. The molecule has 0 fully saturated rings. The molecule has 2 atom stereocenters. The molecule has 88 valence electrons. The first-order chi connectivity index (χ1) is 6.93. The predicted octanol–water partition coefficient (Wildman–Crippen LogP) is 0.209. The van der Waals surface area contributed by atoms with E-state index in [1.807, 2.05) is 0 Å². The van der Waals surface area contributed by atoms with Crippen LogP contribution in [0.3, 0.4) is 0 Å². The Kier molecular flexibility index (Phi) is 7.37. The van der Waals surface area contributed by atoms with Crippen LogP contribution in [0.2, 0.25) is 0 Å². The Labute approximate surface area is 93.0 Å². The highest BCUT2D eigenvalue weighted by atomic mass is 32.2. The van der Waals surface area contributed by atoms with Crippen molar-refractivity contribution in [1.82, 2.24) is 0 Å². The molecule has 0 aliphatic rings. The van der Waals surface area contributed by atoms with Gasteiger partial charge >= 0.3 is 5.97 Å². The number of carbonyl (C=O) groups excluding carboxylic acids is 1. The van der Waals surface area contributed by atoms with Crippen LogP contribution in [0.1, 0.15) is 26.2 Å². The number of thioether (sulfide) groups is 1. The van der Waals surface area contributed by atoms with Crippen LogP contribution in [-0.4, -0.2) is 39.2 Å². The number of hydrogen-bond donors (Lipinski definition) is 3. The fourth-order valence-corrected chi connectivity index (χ4v) is 1.66. The van der Waals surface area contributed by atoms with Crippen molar-refractivity contribution in [2.45, 2.75) is 38.3 Å². The first-order valence-corrected chi connectivity index (χ1v) is 5.72. The zero-order valence-corrected chi connectivity index (χ0v) is 9.50. The Morgan fingerprint density at radius 3 is 2.40 bits per heavy atom. The van der Waals surface area contributed by atoms with Crippen molar-refractivity contribution in [2.75, 3.05) is 5.75 Å². The summed E-state index contributed by atoms with van der Waals surface area (Å²) in [5.41, 5.74) is 5.27. The molecule has 0 saturated heterocycles. The van der Waals surface area contributed by atoms with E-state index >= 15 is 0 Å². The Morgan fingerprint density at radius 1 is 1.33 bits per heavy atom. The lowest BCUT2D eigenvalue weighted by Gasteiger charge is -2.11. The summed E-state index contributed by atoms with van der Waals surface area (Å²) in [5, 5.41) is 17.9. The van der Waals surface area contributed by atoms with Gasteiger partial charge in [0.15, 0.2) is 5.12 Å². The van der Waals surface area contributed by atoms with E-state index in [-0.39, 0.29) is 11.5 Å². The summed E-state index contributed by atoms with van der Waals surface area (Å²) in [6.45, 7) is 1.47. The Hall–Kier alpha value is -0.590. The fourth-order valence-electron chi connectivity index (χ4n) is 0.978. The van der Waals surface area contributed by atoms with Crippen molar-refractivity contribution in [3.8, 4) is 0 Å². The smallest absolute Gasteiger partial charge is 0.320 e. The molecule has 0 aromatic rings. The second-order valence-corrected chi connectivity index (χ2v) is 4.58. The Balaban J connectivity index is 3.52. The molecule has 0 bridgehead atoms. The quantitative estimate of drug-likeness (QED) is 0.583. The third kappa shape index (κ3) is 8.41. The second kappa shape index (κ2) is 7.67. The van der Waals surface area contributed by atoms with Crippen molar-refractivity contribution in [2.24, 2.45) is 5.73 Å². The van der Waals surface area contributed by atoms with E-state index in [4.69, 9.17) is 10.8 Å². The number of carboxylic acids is 1. The van der Waals surface area contributed by atoms with Crippen molar-refractivity contribution in [3.63, 3.8) is 0 Å². The lowest BCUT2D eigenvalue weighted by molar-refractivity contribution is -0.138. The molecular weight excluding hydrogens is 218 g/mol. The highest BCUT2D eigenvalue weighted by Gasteiger charge is 2.13. The molecule has 0 aliphatic carbocycles. The van der Waals surface area contributed by atoms with Crippen molar-refractivity contribution < 1.29 is 19.8 Å². The minimum atomic E-state index is -1.06. The highest BCUT2D eigenvalue weighted by molar-refractivity contribution is 8.13. The molecule has 5 nitrogen and oxygen atoms in total. The lowest BCUT2D eigenvalue weighted by atomic mass is 10.1. The summed E-state index contributed by atoms with van der Waals surface area (Å²) < 4.78 is 0. The molecule has 15 heavy (non-hydrogen) atoms. The van der Waals surface area contributed by atoms with E-state index in [1.165, 1.54) is 6.92 Å². The standard InChI is InChI=1S/C9H17NO4S/c1-6(11)15-5-4-7(12)2-3-8(10)9(13)14/h7-8,12H,2-5,10H2,1H3,(H,13,14). The SMILES string of the molecule is CC(=O)SCCC(O)CCC(N)C(=O)O. The number of nitrogens with two attached hydrogens (primary N) is 1. The molecule has 0 radical (unpaired) electrons. The van der Waals surface area contributed by atoms with Gasteiger partial charge in [0.1, 0.15) is 6.04 Å². The third-order valence-corrected chi connectivity index (χ3v) is 2.73. The van der Waals surface area contributed by atoms with E-state index in [9.17, 15) is 14.7 Å². The third-order valence-electron chi connectivity index (χ3n) is 1.88. The number of carboxylic acid groups (broad SMARTS) is 1. The molecule has 0 aliphatic heterocycles. The minimum Gasteiger partial charge on any atom is -0.480 e. The minimum absolute atomic E-state index is 0.0180. The molecule has 0 heterocycles. The molecule has 0 aromatic carbocycles. The van der Waals surface area contributed by atoms with Gasteiger partial charge in [0.05, 0.1) is 6.10 Å². The number of hydrogen-bond acceptors (Lipinski definition) is 5. The van der Waals surface area contributed by atoms with Crippen molar-refractivity contribution in [1.29, 1.82) is 0 Å².